The summed E-state index contributed by atoms with van der Waals surface area (Å²) in [4.78, 5) is 36.3. The van der Waals surface area contributed by atoms with Gasteiger partial charge < -0.3 is 34.5 Å². The highest BCUT2D eigenvalue weighted by Gasteiger charge is 2.34. The van der Waals surface area contributed by atoms with Crippen molar-refractivity contribution in [1.29, 1.82) is 0 Å². The molecule has 2 amide bonds. The maximum atomic E-state index is 14.2. The van der Waals surface area contributed by atoms with E-state index in [1.54, 1.807) is 19.5 Å². The summed E-state index contributed by atoms with van der Waals surface area (Å²) in [6.07, 6.45) is 2.76. The van der Waals surface area contributed by atoms with Crippen molar-refractivity contribution in [3.05, 3.63) is 107 Å². The number of carbonyl (C=O) groups excluding carboxylic acids is 2. The highest BCUT2D eigenvalue weighted by atomic mass is 16.5. The summed E-state index contributed by atoms with van der Waals surface area (Å²) in [5, 5.41) is 13.2. The number of aromatic amines is 1. The summed E-state index contributed by atoms with van der Waals surface area (Å²) in [7, 11) is 1.56. The average Bonchev–Trinajstić information content (AvgIpc) is 3.52. The van der Waals surface area contributed by atoms with Crippen LogP contribution in [0, 0.1) is 0 Å². The van der Waals surface area contributed by atoms with Gasteiger partial charge in [-0.1, -0.05) is 12.1 Å². The Bertz CT molecular complexity index is 1900. The van der Waals surface area contributed by atoms with Crippen molar-refractivity contribution in [2.75, 3.05) is 26.8 Å². The van der Waals surface area contributed by atoms with Gasteiger partial charge in [-0.05, 0) is 90.2 Å². The number of benzene rings is 4. The summed E-state index contributed by atoms with van der Waals surface area (Å²) < 4.78 is 18.1. The van der Waals surface area contributed by atoms with E-state index in [0.717, 1.165) is 27.7 Å². The molecule has 3 aliphatic rings. The minimum atomic E-state index is -0.423. The second kappa shape index (κ2) is 11.3. The Morgan fingerprint density at radius 3 is 2.86 bits per heavy atom. The molecule has 8 rings (SSSR count). The van der Waals surface area contributed by atoms with Crippen molar-refractivity contribution in [2.24, 2.45) is 0 Å². The molecule has 4 heterocycles. The van der Waals surface area contributed by atoms with Gasteiger partial charge in [-0.2, -0.15) is 0 Å². The fourth-order valence-corrected chi connectivity index (χ4v) is 5.90. The van der Waals surface area contributed by atoms with E-state index in [1.165, 1.54) is 12.1 Å². The maximum Gasteiger partial charge on any atom is 0.255 e. The van der Waals surface area contributed by atoms with Crippen molar-refractivity contribution < 1.29 is 28.9 Å². The number of nitrogens with zero attached hydrogens (tertiary/aromatic N) is 2. The number of aromatic nitrogens is 2. The summed E-state index contributed by atoms with van der Waals surface area (Å²) in [5.74, 6) is 1.31. The van der Waals surface area contributed by atoms with E-state index in [1.807, 2.05) is 59.5 Å². The van der Waals surface area contributed by atoms with Gasteiger partial charge in [0, 0.05) is 18.7 Å². The minimum absolute atomic E-state index is 0.0997. The number of H-pyrrole nitrogens is 1. The molecule has 8 bridgehead atoms. The van der Waals surface area contributed by atoms with Gasteiger partial charge in [-0.15, -0.1) is 0 Å². The molecule has 10 nitrogen and oxygen atoms in total. The van der Waals surface area contributed by atoms with Gasteiger partial charge in [0.1, 0.15) is 17.2 Å². The van der Waals surface area contributed by atoms with Crippen molar-refractivity contribution in [1.82, 2.24) is 20.2 Å². The van der Waals surface area contributed by atoms with Crippen molar-refractivity contribution >= 4 is 22.8 Å². The third-order valence-corrected chi connectivity index (χ3v) is 8.07. The molecule has 1 unspecified atom stereocenters. The molecule has 5 aromatic rings. The first-order chi connectivity index (χ1) is 21.5. The summed E-state index contributed by atoms with van der Waals surface area (Å²) in [6.45, 7) is 1.19. The fourth-order valence-electron chi connectivity index (χ4n) is 5.90. The Labute approximate surface area is 253 Å². The highest BCUT2D eigenvalue weighted by molar-refractivity contribution is 5.98. The number of hydrogen-bond acceptors (Lipinski definition) is 7. The molecule has 0 radical (unpaired) electrons. The van der Waals surface area contributed by atoms with Crippen LogP contribution in [0.4, 0.5) is 0 Å². The van der Waals surface area contributed by atoms with Crippen LogP contribution in [-0.4, -0.2) is 58.6 Å². The van der Waals surface area contributed by atoms with Gasteiger partial charge >= 0.3 is 0 Å². The van der Waals surface area contributed by atoms with E-state index >= 15 is 0 Å². The number of amides is 2. The first kappa shape index (κ1) is 27.3. The maximum absolute atomic E-state index is 14.2. The van der Waals surface area contributed by atoms with Crippen LogP contribution >= 0.6 is 0 Å². The first-order valence-corrected chi connectivity index (χ1v) is 14.5. The lowest BCUT2D eigenvalue weighted by Gasteiger charge is -2.38. The van der Waals surface area contributed by atoms with Crippen LogP contribution in [0.25, 0.3) is 11.0 Å². The molecule has 0 saturated heterocycles. The number of rotatable bonds is 2. The molecule has 0 saturated carbocycles. The Hall–Kier alpha value is -5.51. The fraction of sp³-hybridized carbons (Fsp3) is 0.206. The third-order valence-electron chi connectivity index (χ3n) is 8.07. The van der Waals surface area contributed by atoms with Crippen LogP contribution in [0.2, 0.25) is 0 Å². The van der Waals surface area contributed by atoms with E-state index in [2.05, 4.69) is 15.3 Å². The van der Waals surface area contributed by atoms with Crippen LogP contribution in [-0.2, 0) is 6.42 Å². The van der Waals surface area contributed by atoms with Crippen LogP contribution in [0.15, 0.2) is 79.1 Å². The van der Waals surface area contributed by atoms with Gasteiger partial charge in [0.2, 0.25) is 0 Å². The Morgan fingerprint density at radius 2 is 1.98 bits per heavy atom. The van der Waals surface area contributed by atoms with Gasteiger partial charge in [-0.3, -0.25) is 9.59 Å². The number of nitrogens with one attached hydrogen (secondary N) is 2. The largest absolute Gasteiger partial charge is 0.507 e. The minimum Gasteiger partial charge on any atom is -0.507 e. The molecule has 3 N–H and O–H groups in total. The Kier molecular flexibility index (Phi) is 7.01. The summed E-state index contributed by atoms with van der Waals surface area (Å²) in [6, 6.07) is 21.2. The van der Waals surface area contributed by atoms with Crippen LogP contribution in [0.5, 0.6) is 28.7 Å². The van der Waals surface area contributed by atoms with Crippen LogP contribution in [0.3, 0.4) is 0 Å². The molecule has 4 aromatic carbocycles. The Balaban J connectivity index is 1.35. The molecule has 0 aliphatic carbocycles. The number of imidazole rings is 1. The first-order valence-electron chi connectivity index (χ1n) is 14.5. The topological polar surface area (TPSA) is 126 Å². The number of carbonyl (C=O) groups is 2. The standard InChI is InChI=1S/C34H30N4O6/c1-42-30-18-25-20-10-12-38(34(41)22-6-8-27-28(15-22)37-19-36-27)32(25)21-4-2-5-23(14-21)43-13-3-11-35-33(40)26-17-24(7-9-29(26)39)44-31(30)16-20/h2,4-9,14-19,32,39H,3,10-13H2,1H3,(H,35,40)(H,36,37). The van der Waals surface area contributed by atoms with E-state index in [4.69, 9.17) is 14.2 Å². The number of fused-ring (bicyclic) bond motifs is 7. The van der Waals surface area contributed by atoms with E-state index < -0.39 is 11.9 Å². The van der Waals surface area contributed by atoms with Crippen molar-refractivity contribution in [2.45, 2.75) is 18.9 Å². The lowest BCUT2D eigenvalue weighted by molar-refractivity contribution is 0.0693. The molecule has 1 aromatic heterocycles. The lowest BCUT2D eigenvalue weighted by Crippen LogP contribution is -2.40. The smallest absolute Gasteiger partial charge is 0.255 e. The quantitative estimate of drug-likeness (QED) is 0.252. The highest BCUT2D eigenvalue weighted by Crippen LogP contribution is 2.43. The van der Waals surface area contributed by atoms with E-state index in [0.29, 0.717) is 61.1 Å². The lowest BCUT2D eigenvalue weighted by atomic mass is 9.87. The predicted octanol–water partition coefficient (Wildman–Crippen LogP) is 5.37. The zero-order chi connectivity index (χ0) is 30.2. The summed E-state index contributed by atoms with van der Waals surface area (Å²) >= 11 is 0. The van der Waals surface area contributed by atoms with Crippen LogP contribution in [0.1, 0.15) is 49.9 Å². The molecule has 1 atom stereocenters. The molecule has 44 heavy (non-hydrogen) atoms. The number of phenolic OH excluding ortho intramolecular Hbond substituents is 1. The third kappa shape index (κ3) is 5.04. The van der Waals surface area contributed by atoms with E-state index in [-0.39, 0.29) is 17.2 Å². The molecular weight excluding hydrogens is 560 g/mol. The number of methoxy groups -OCH3 is 1. The van der Waals surface area contributed by atoms with Gasteiger partial charge in [0.25, 0.3) is 11.8 Å². The zero-order valence-electron chi connectivity index (χ0n) is 24.0. The van der Waals surface area contributed by atoms with Gasteiger partial charge in [0.15, 0.2) is 11.5 Å². The average molecular weight is 591 g/mol. The molecule has 3 aliphatic heterocycles. The van der Waals surface area contributed by atoms with Crippen molar-refractivity contribution in [3.8, 4) is 28.7 Å². The molecule has 10 heteroatoms. The SMILES string of the molecule is COc1cc2c3cc1Oc1ccc(O)c(c1)C(=O)NCCCOc1cccc(c1)C2N(C(=O)c1ccc2nc[nH]c2c1)CC3. The molecule has 222 valence electrons. The molecular formula is C34H30N4O6. The number of hydrogen-bond donors (Lipinski definition) is 3. The number of ether oxygens (including phenoxy) is 3. The normalized spacial score (nSPS) is 16.3. The molecule has 0 fully saturated rings. The second-order valence-electron chi connectivity index (χ2n) is 10.8. The monoisotopic (exact) mass is 590 g/mol. The van der Waals surface area contributed by atoms with Crippen molar-refractivity contribution in [3.63, 3.8) is 0 Å². The van der Waals surface area contributed by atoms with Gasteiger partial charge in [-0.25, -0.2) is 4.98 Å². The zero-order valence-corrected chi connectivity index (χ0v) is 24.0. The Morgan fingerprint density at radius 1 is 1.07 bits per heavy atom. The summed E-state index contributed by atoms with van der Waals surface area (Å²) in [5.41, 5.74) is 5.08. The van der Waals surface area contributed by atoms with Crippen LogP contribution < -0.4 is 19.5 Å². The number of phenols is 1. The number of aromatic hydroxyl groups is 1. The predicted molar refractivity (Wildman–Crippen MR) is 163 cm³/mol. The molecule has 0 spiro atoms. The second-order valence-corrected chi connectivity index (χ2v) is 10.8. The van der Waals surface area contributed by atoms with Gasteiger partial charge in [0.05, 0.1) is 42.7 Å². The van der Waals surface area contributed by atoms with E-state index in [9.17, 15) is 14.7 Å².